The number of amides is 1. The van der Waals surface area contributed by atoms with E-state index in [1.807, 2.05) is 0 Å². The third-order valence-corrected chi connectivity index (χ3v) is 0.123. The van der Waals surface area contributed by atoms with E-state index in [-0.39, 0.29) is 0 Å². The SMILES string of the molecule is N=C=O.NNC(=O)O. The Hall–Kier alpha value is -1.39. The van der Waals surface area contributed by atoms with E-state index in [4.69, 9.17) is 20.1 Å². The fourth-order valence-corrected chi connectivity index (χ4v) is 0. The van der Waals surface area contributed by atoms with Crippen LogP contribution in [0.1, 0.15) is 0 Å². The minimum Gasteiger partial charge on any atom is -0.464 e. The first-order valence-electron chi connectivity index (χ1n) is 1.42. The van der Waals surface area contributed by atoms with E-state index in [0.717, 1.165) is 6.08 Å². The third kappa shape index (κ3) is 161. The highest BCUT2D eigenvalue weighted by molar-refractivity contribution is 5.63. The molecule has 0 aromatic carbocycles. The molecule has 0 radical (unpaired) electrons. The Labute approximate surface area is 44.8 Å². The number of carbonyl (C=O) groups is 1. The zero-order chi connectivity index (χ0) is 6.99. The smallest absolute Gasteiger partial charge is 0.418 e. The summed E-state index contributed by atoms with van der Waals surface area (Å²) in [6, 6.07) is 0. The van der Waals surface area contributed by atoms with Crippen molar-refractivity contribution in [3.05, 3.63) is 0 Å². The van der Waals surface area contributed by atoms with Gasteiger partial charge in [-0.1, -0.05) is 0 Å². The maximum Gasteiger partial charge on any atom is 0.418 e. The zero-order valence-corrected chi connectivity index (χ0v) is 3.84. The molecule has 0 spiro atoms. The van der Waals surface area contributed by atoms with Gasteiger partial charge in [-0.3, -0.25) is 5.43 Å². The van der Waals surface area contributed by atoms with Crippen LogP contribution in [0.4, 0.5) is 4.79 Å². The molecule has 0 aromatic rings. The fourth-order valence-electron chi connectivity index (χ4n) is 0. The molecule has 0 saturated carbocycles. The molecule has 0 saturated heterocycles. The number of hydrogen-bond acceptors (Lipinski definition) is 4. The van der Waals surface area contributed by atoms with Crippen molar-refractivity contribution < 1.29 is 14.7 Å². The van der Waals surface area contributed by atoms with E-state index in [1.165, 1.54) is 5.43 Å². The van der Waals surface area contributed by atoms with Crippen LogP contribution in [0.5, 0.6) is 0 Å². The number of nitrogens with two attached hydrogens (primary N) is 1. The second-order valence-electron chi connectivity index (χ2n) is 0.552. The molecule has 0 heterocycles. The Bertz CT molecular complexity index is 94.7. The molecule has 0 bridgehead atoms. The van der Waals surface area contributed by atoms with Gasteiger partial charge in [0.25, 0.3) is 0 Å². The van der Waals surface area contributed by atoms with Gasteiger partial charge in [0.1, 0.15) is 0 Å². The van der Waals surface area contributed by atoms with Crippen LogP contribution < -0.4 is 11.3 Å². The Morgan fingerprint density at radius 2 is 2.00 bits per heavy atom. The van der Waals surface area contributed by atoms with Gasteiger partial charge in [-0.25, -0.2) is 20.8 Å². The molecule has 0 aromatic heterocycles. The summed E-state index contributed by atoms with van der Waals surface area (Å²) in [6.07, 6.45) is -0.468. The Morgan fingerprint density at radius 1 is 1.88 bits per heavy atom. The summed E-state index contributed by atoms with van der Waals surface area (Å²) in [7, 11) is 0. The second-order valence-corrected chi connectivity index (χ2v) is 0.552. The van der Waals surface area contributed by atoms with Gasteiger partial charge in [0, 0.05) is 0 Å². The number of nitrogens with one attached hydrogen (secondary N) is 2. The van der Waals surface area contributed by atoms with Crippen molar-refractivity contribution in [2.45, 2.75) is 0 Å². The van der Waals surface area contributed by atoms with E-state index in [1.54, 1.807) is 0 Å². The quantitative estimate of drug-likeness (QED) is 0.108. The molecule has 46 valence electrons. The van der Waals surface area contributed by atoms with Crippen LogP contribution in [0.15, 0.2) is 0 Å². The molecule has 0 atom stereocenters. The lowest BCUT2D eigenvalue weighted by Gasteiger charge is -1.79. The number of hydrazine groups is 1. The first kappa shape index (κ1) is 9.79. The van der Waals surface area contributed by atoms with Gasteiger partial charge in [0.2, 0.25) is 6.08 Å². The summed E-state index contributed by atoms with van der Waals surface area (Å²) in [4.78, 5) is 17.5. The van der Waals surface area contributed by atoms with Crippen LogP contribution >= 0.6 is 0 Å². The van der Waals surface area contributed by atoms with Crippen molar-refractivity contribution in [1.29, 1.82) is 5.41 Å². The highest BCUT2D eigenvalue weighted by atomic mass is 16.4. The topological polar surface area (TPSA) is 116 Å². The van der Waals surface area contributed by atoms with E-state index < -0.39 is 6.09 Å². The number of rotatable bonds is 0. The molecule has 0 aliphatic carbocycles. The van der Waals surface area contributed by atoms with Gasteiger partial charge in [-0.2, -0.15) is 0 Å². The molecule has 0 rings (SSSR count). The van der Waals surface area contributed by atoms with Crippen molar-refractivity contribution in [3.63, 3.8) is 0 Å². The van der Waals surface area contributed by atoms with Crippen molar-refractivity contribution in [2.75, 3.05) is 0 Å². The van der Waals surface area contributed by atoms with Crippen LogP contribution in [0.3, 0.4) is 0 Å². The van der Waals surface area contributed by atoms with E-state index in [0.29, 0.717) is 0 Å². The molecular formula is C2H5N3O3. The molecule has 5 N–H and O–H groups in total. The molecule has 8 heavy (non-hydrogen) atoms. The molecule has 0 fully saturated rings. The van der Waals surface area contributed by atoms with Gasteiger partial charge in [-0.15, -0.1) is 0 Å². The standard InChI is InChI=1S/CH4N2O2.CHNO/c2-3-1(4)5;2-1-3/h3H,2H2,(H,4,5);2H. The summed E-state index contributed by atoms with van der Waals surface area (Å²) < 4.78 is 0. The fraction of sp³-hybridized carbons (Fsp3) is 0. The molecule has 6 nitrogen and oxygen atoms in total. The van der Waals surface area contributed by atoms with Crippen LogP contribution in [-0.4, -0.2) is 17.3 Å². The van der Waals surface area contributed by atoms with Crippen LogP contribution in [0.2, 0.25) is 0 Å². The van der Waals surface area contributed by atoms with Gasteiger partial charge in [0.15, 0.2) is 0 Å². The predicted molar refractivity (Wildman–Crippen MR) is 23.8 cm³/mol. The first-order chi connectivity index (χ1) is 3.68. The predicted octanol–water partition coefficient (Wildman–Crippen LogP) is -0.971. The van der Waals surface area contributed by atoms with Crippen molar-refractivity contribution in [3.8, 4) is 0 Å². The van der Waals surface area contributed by atoms with E-state index in [2.05, 4.69) is 5.84 Å². The zero-order valence-electron chi connectivity index (χ0n) is 3.84. The lowest BCUT2D eigenvalue weighted by molar-refractivity contribution is 0.194. The van der Waals surface area contributed by atoms with Crippen molar-refractivity contribution in [2.24, 2.45) is 5.84 Å². The monoisotopic (exact) mass is 119 g/mol. The summed E-state index contributed by atoms with van der Waals surface area (Å²) in [5.74, 6) is 4.32. The molecule has 0 aliphatic rings. The van der Waals surface area contributed by atoms with E-state index in [9.17, 15) is 0 Å². The van der Waals surface area contributed by atoms with Crippen molar-refractivity contribution in [1.82, 2.24) is 5.43 Å². The number of carbonyl (C=O) groups excluding carboxylic acids is 1. The second kappa shape index (κ2) is 9.15. The number of hydrogen-bond donors (Lipinski definition) is 4. The number of isocyanates is 1. The molecule has 0 aliphatic heterocycles. The minimum atomic E-state index is -1.22. The van der Waals surface area contributed by atoms with Gasteiger partial charge < -0.3 is 5.11 Å². The molecule has 0 unspecified atom stereocenters. The Morgan fingerprint density at radius 3 is 2.00 bits per heavy atom. The Balaban J connectivity index is 0. The molecule has 6 heteroatoms. The van der Waals surface area contributed by atoms with Crippen LogP contribution in [0, 0.1) is 5.41 Å². The minimum absolute atomic E-state index is 0.750. The average Bonchev–Trinajstić information content (AvgIpc) is 1.69. The Kier molecular flexibility index (Phi) is 11.2. The van der Waals surface area contributed by atoms with Gasteiger partial charge in [0.05, 0.1) is 0 Å². The van der Waals surface area contributed by atoms with E-state index >= 15 is 0 Å². The van der Waals surface area contributed by atoms with Gasteiger partial charge >= 0.3 is 6.09 Å². The lowest BCUT2D eigenvalue weighted by atomic mass is 11.3. The van der Waals surface area contributed by atoms with Crippen LogP contribution in [-0.2, 0) is 4.79 Å². The van der Waals surface area contributed by atoms with Crippen molar-refractivity contribution >= 4 is 12.2 Å². The largest absolute Gasteiger partial charge is 0.464 e. The number of carboxylic acid groups (broad SMARTS) is 1. The van der Waals surface area contributed by atoms with Gasteiger partial charge in [-0.05, 0) is 0 Å². The molecule has 1 amide bonds. The highest BCUT2D eigenvalue weighted by Crippen LogP contribution is 1.42. The normalized spacial score (nSPS) is 5.12. The molecular weight excluding hydrogens is 114 g/mol. The first-order valence-corrected chi connectivity index (χ1v) is 1.42. The average molecular weight is 119 g/mol. The third-order valence-electron chi connectivity index (χ3n) is 0.123. The maximum atomic E-state index is 9.13. The highest BCUT2D eigenvalue weighted by Gasteiger charge is 1.77. The maximum absolute atomic E-state index is 9.13. The summed E-state index contributed by atoms with van der Waals surface area (Å²) in [6.45, 7) is 0. The van der Waals surface area contributed by atoms with Crippen LogP contribution in [0.25, 0.3) is 0 Å². The summed E-state index contributed by atoms with van der Waals surface area (Å²) in [5.41, 5.74) is 1.44. The lowest BCUT2D eigenvalue weighted by Crippen LogP contribution is -2.27. The summed E-state index contributed by atoms with van der Waals surface area (Å²) in [5, 5.41) is 12.9. The summed E-state index contributed by atoms with van der Waals surface area (Å²) >= 11 is 0.